The molecular weight excluding hydrogens is 238 g/mol. The topological polar surface area (TPSA) is 14.2 Å². The summed E-state index contributed by atoms with van der Waals surface area (Å²) in [5.74, 6) is 0. The minimum Gasteiger partial charge on any atom is -0.350 e. The van der Waals surface area contributed by atoms with Gasteiger partial charge in [-0.3, -0.25) is 4.74 Å². The number of alkyl halides is 4. The second-order valence-electron chi connectivity index (χ2n) is 3.59. The molecule has 0 bridgehead atoms. The SMILES string of the molecule is Cn1cc(C(F)OC(F)(F)F)c2ccccc21. The first-order valence-electron chi connectivity index (χ1n) is 4.81. The summed E-state index contributed by atoms with van der Waals surface area (Å²) in [5.41, 5.74) is 0.524. The Bertz CT molecular complexity index is 532. The van der Waals surface area contributed by atoms with Crippen molar-refractivity contribution < 1.29 is 22.3 Å². The lowest BCUT2D eigenvalue weighted by molar-refractivity contribution is -0.362. The summed E-state index contributed by atoms with van der Waals surface area (Å²) in [5, 5.41) is 0.409. The summed E-state index contributed by atoms with van der Waals surface area (Å²) < 4.78 is 54.1. The molecular formula is C11H9F4NO. The lowest BCUT2D eigenvalue weighted by atomic mass is 10.2. The maximum Gasteiger partial charge on any atom is 0.525 e. The number of para-hydroxylation sites is 1. The van der Waals surface area contributed by atoms with Gasteiger partial charge in [0.15, 0.2) is 0 Å². The van der Waals surface area contributed by atoms with Crippen LogP contribution in [-0.4, -0.2) is 10.9 Å². The highest BCUT2D eigenvalue weighted by Gasteiger charge is 2.35. The number of aryl methyl sites for hydroxylation is 1. The lowest BCUT2D eigenvalue weighted by Crippen LogP contribution is -2.15. The molecule has 0 aliphatic heterocycles. The largest absolute Gasteiger partial charge is 0.525 e. The molecule has 2 rings (SSSR count). The Morgan fingerprint density at radius 3 is 2.53 bits per heavy atom. The number of aromatic nitrogens is 1. The van der Waals surface area contributed by atoms with Crippen LogP contribution in [0.3, 0.4) is 0 Å². The van der Waals surface area contributed by atoms with Crippen LogP contribution in [0.1, 0.15) is 11.9 Å². The zero-order chi connectivity index (χ0) is 12.6. The summed E-state index contributed by atoms with van der Waals surface area (Å²) in [6, 6.07) is 6.60. The van der Waals surface area contributed by atoms with E-state index < -0.39 is 12.7 Å². The third-order valence-corrected chi connectivity index (χ3v) is 2.41. The van der Waals surface area contributed by atoms with Crippen LogP contribution in [0.5, 0.6) is 0 Å². The number of benzene rings is 1. The van der Waals surface area contributed by atoms with Crippen LogP contribution < -0.4 is 0 Å². The van der Waals surface area contributed by atoms with Crippen molar-refractivity contribution in [2.24, 2.45) is 7.05 Å². The molecule has 92 valence electrons. The summed E-state index contributed by atoms with van der Waals surface area (Å²) >= 11 is 0. The molecule has 1 unspecified atom stereocenters. The monoisotopic (exact) mass is 247 g/mol. The summed E-state index contributed by atoms with van der Waals surface area (Å²) in [6.45, 7) is 0. The smallest absolute Gasteiger partial charge is 0.350 e. The zero-order valence-corrected chi connectivity index (χ0v) is 8.83. The lowest BCUT2D eigenvalue weighted by Gasteiger charge is -2.11. The minimum atomic E-state index is -4.99. The Labute approximate surface area is 94.4 Å². The molecule has 0 spiro atoms. The quantitative estimate of drug-likeness (QED) is 0.738. The fraction of sp³-hybridized carbons (Fsp3) is 0.273. The maximum absolute atomic E-state index is 13.4. The molecule has 0 fully saturated rings. The van der Waals surface area contributed by atoms with E-state index in [-0.39, 0.29) is 5.56 Å². The molecule has 2 aromatic rings. The Kier molecular flexibility index (Phi) is 2.82. The van der Waals surface area contributed by atoms with E-state index in [1.54, 1.807) is 35.9 Å². The molecule has 0 aliphatic carbocycles. The van der Waals surface area contributed by atoms with Gasteiger partial charge in [-0.15, -0.1) is 13.2 Å². The number of ether oxygens (including phenoxy) is 1. The van der Waals surface area contributed by atoms with Crippen molar-refractivity contribution in [3.63, 3.8) is 0 Å². The van der Waals surface area contributed by atoms with E-state index in [1.807, 2.05) is 0 Å². The standard InChI is InChI=1S/C11H9F4NO/c1-16-6-8(10(12)17-11(13,14)15)7-4-2-3-5-9(7)16/h2-6,10H,1H3. The van der Waals surface area contributed by atoms with Crippen molar-refractivity contribution in [2.45, 2.75) is 12.7 Å². The summed E-state index contributed by atoms with van der Waals surface area (Å²) in [4.78, 5) is 0. The Balaban J connectivity index is 2.42. The van der Waals surface area contributed by atoms with Crippen molar-refractivity contribution >= 4 is 10.9 Å². The van der Waals surface area contributed by atoms with Crippen molar-refractivity contribution in [3.05, 3.63) is 36.0 Å². The normalized spacial score (nSPS) is 14.2. The molecule has 0 radical (unpaired) electrons. The molecule has 1 aromatic heterocycles. The fourth-order valence-electron chi connectivity index (χ4n) is 1.73. The predicted octanol–water partition coefficient (Wildman–Crippen LogP) is 3.68. The van der Waals surface area contributed by atoms with Crippen molar-refractivity contribution in [2.75, 3.05) is 0 Å². The Hall–Kier alpha value is -1.56. The molecule has 0 saturated carbocycles. The second-order valence-corrected chi connectivity index (χ2v) is 3.59. The van der Waals surface area contributed by atoms with Gasteiger partial charge >= 0.3 is 6.36 Å². The molecule has 0 N–H and O–H groups in total. The predicted molar refractivity (Wildman–Crippen MR) is 53.9 cm³/mol. The first-order chi connectivity index (χ1) is 7.88. The van der Waals surface area contributed by atoms with Crippen LogP contribution in [0.4, 0.5) is 17.6 Å². The minimum absolute atomic E-state index is 0.125. The summed E-state index contributed by atoms with van der Waals surface area (Å²) in [6.07, 6.45) is -6.21. The first-order valence-corrected chi connectivity index (χ1v) is 4.81. The van der Waals surface area contributed by atoms with Crippen LogP contribution in [0.25, 0.3) is 10.9 Å². The Morgan fingerprint density at radius 2 is 1.88 bits per heavy atom. The Morgan fingerprint density at radius 1 is 1.24 bits per heavy atom. The highest BCUT2D eigenvalue weighted by molar-refractivity contribution is 5.84. The van der Waals surface area contributed by atoms with Crippen molar-refractivity contribution in [1.29, 1.82) is 0 Å². The van der Waals surface area contributed by atoms with Gasteiger partial charge in [-0.25, -0.2) is 4.39 Å². The fourth-order valence-corrected chi connectivity index (χ4v) is 1.73. The molecule has 6 heteroatoms. The number of rotatable bonds is 2. The number of hydrogen-bond acceptors (Lipinski definition) is 1. The molecule has 0 saturated heterocycles. The van der Waals surface area contributed by atoms with E-state index in [9.17, 15) is 17.6 Å². The van der Waals surface area contributed by atoms with Crippen LogP contribution in [0, 0.1) is 0 Å². The van der Waals surface area contributed by atoms with Gasteiger partial charge in [-0.2, -0.15) is 0 Å². The van der Waals surface area contributed by atoms with Gasteiger partial charge in [0.1, 0.15) is 0 Å². The van der Waals surface area contributed by atoms with Gasteiger partial charge in [0.25, 0.3) is 0 Å². The van der Waals surface area contributed by atoms with Crippen LogP contribution in [-0.2, 0) is 11.8 Å². The average Bonchev–Trinajstić information content (AvgIpc) is 2.55. The zero-order valence-electron chi connectivity index (χ0n) is 8.83. The third kappa shape index (κ3) is 2.41. The first kappa shape index (κ1) is 11.9. The summed E-state index contributed by atoms with van der Waals surface area (Å²) in [7, 11) is 1.63. The van der Waals surface area contributed by atoms with Crippen LogP contribution in [0.2, 0.25) is 0 Å². The number of hydrogen-bond donors (Lipinski definition) is 0. The molecule has 0 amide bonds. The molecule has 1 aromatic carbocycles. The van der Waals surface area contributed by atoms with E-state index >= 15 is 0 Å². The van der Waals surface area contributed by atoms with Gasteiger partial charge in [0.2, 0.25) is 6.36 Å². The maximum atomic E-state index is 13.4. The van der Waals surface area contributed by atoms with E-state index in [0.717, 1.165) is 0 Å². The van der Waals surface area contributed by atoms with Gasteiger partial charge in [-0.1, -0.05) is 18.2 Å². The average molecular weight is 247 g/mol. The molecule has 17 heavy (non-hydrogen) atoms. The van der Waals surface area contributed by atoms with Gasteiger partial charge in [0, 0.05) is 29.7 Å². The van der Waals surface area contributed by atoms with Gasteiger partial charge in [-0.05, 0) is 6.07 Å². The van der Waals surface area contributed by atoms with E-state index in [2.05, 4.69) is 4.74 Å². The van der Waals surface area contributed by atoms with E-state index in [0.29, 0.717) is 10.9 Å². The highest BCUT2D eigenvalue weighted by atomic mass is 19.4. The van der Waals surface area contributed by atoms with E-state index in [1.165, 1.54) is 6.20 Å². The van der Waals surface area contributed by atoms with Crippen molar-refractivity contribution in [3.8, 4) is 0 Å². The van der Waals surface area contributed by atoms with E-state index in [4.69, 9.17) is 0 Å². The number of nitrogens with zero attached hydrogens (tertiary/aromatic N) is 1. The van der Waals surface area contributed by atoms with Crippen LogP contribution in [0.15, 0.2) is 30.5 Å². The van der Waals surface area contributed by atoms with Gasteiger partial charge in [0.05, 0.1) is 0 Å². The molecule has 2 nitrogen and oxygen atoms in total. The molecule has 0 aliphatic rings. The highest BCUT2D eigenvalue weighted by Crippen LogP contribution is 2.33. The van der Waals surface area contributed by atoms with Crippen LogP contribution >= 0.6 is 0 Å². The number of halogens is 4. The number of fused-ring (bicyclic) bond motifs is 1. The molecule has 1 heterocycles. The second kappa shape index (κ2) is 4.03. The van der Waals surface area contributed by atoms with Crippen molar-refractivity contribution in [1.82, 2.24) is 4.57 Å². The molecule has 1 atom stereocenters. The van der Waals surface area contributed by atoms with Gasteiger partial charge < -0.3 is 4.57 Å². The third-order valence-electron chi connectivity index (χ3n) is 2.41.